The van der Waals surface area contributed by atoms with Crippen molar-refractivity contribution in [3.8, 4) is 0 Å². The molecule has 0 aromatic heterocycles. The van der Waals surface area contributed by atoms with Crippen molar-refractivity contribution in [1.82, 2.24) is 0 Å². The van der Waals surface area contributed by atoms with E-state index in [0.29, 0.717) is 0 Å². The number of unbranched alkanes of at least 4 members (excludes halogenated alkanes) is 1. The topological polar surface area (TPSA) is 0 Å². The average Bonchev–Trinajstić information content (AvgIpc) is 2.87. The van der Waals surface area contributed by atoms with Crippen molar-refractivity contribution in [2.24, 2.45) is 17.3 Å². The molecule has 2 unspecified atom stereocenters. The van der Waals surface area contributed by atoms with Crippen molar-refractivity contribution in [2.75, 3.05) is 0 Å². The van der Waals surface area contributed by atoms with Crippen molar-refractivity contribution in [1.29, 1.82) is 0 Å². The lowest BCUT2D eigenvalue weighted by atomic mass is 9.77. The summed E-state index contributed by atoms with van der Waals surface area (Å²) in [4.78, 5) is 0. The molecule has 2 rings (SSSR count). The lowest BCUT2D eigenvalue weighted by Crippen LogP contribution is -2.15. The van der Waals surface area contributed by atoms with Crippen LogP contribution in [0.3, 0.4) is 0 Å². The van der Waals surface area contributed by atoms with Gasteiger partial charge in [0.15, 0.2) is 0 Å². The molecule has 0 radical (unpaired) electrons. The summed E-state index contributed by atoms with van der Waals surface area (Å²) in [5.41, 5.74) is 0.726. The number of hydrogen-bond donors (Lipinski definition) is 0. The normalized spacial score (nSPS) is 43.8. The Morgan fingerprint density at radius 3 is 2.31 bits per heavy atom. The van der Waals surface area contributed by atoms with Crippen LogP contribution in [-0.2, 0) is 0 Å². The van der Waals surface area contributed by atoms with Crippen LogP contribution in [0.25, 0.3) is 0 Å². The van der Waals surface area contributed by atoms with E-state index in [-0.39, 0.29) is 0 Å². The summed E-state index contributed by atoms with van der Waals surface area (Å²) in [6, 6.07) is 0. The Bertz CT molecular complexity index is 159. The van der Waals surface area contributed by atoms with E-state index < -0.39 is 0 Å². The third-order valence-corrected chi connectivity index (χ3v) is 4.44. The molecule has 2 fully saturated rings. The lowest BCUT2D eigenvalue weighted by Gasteiger charge is -2.28. The molecule has 0 aromatic rings. The van der Waals surface area contributed by atoms with Gasteiger partial charge >= 0.3 is 0 Å². The van der Waals surface area contributed by atoms with Gasteiger partial charge in [-0.15, -0.1) is 0 Å². The maximum Gasteiger partial charge on any atom is -0.0326 e. The smallest absolute Gasteiger partial charge is 0.0326 e. The number of fused-ring (bicyclic) bond motifs is 1. The summed E-state index contributed by atoms with van der Waals surface area (Å²) in [7, 11) is 0. The van der Waals surface area contributed by atoms with E-state index in [1.165, 1.54) is 32.1 Å². The molecule has 0 aromatic carbocycles. The predicted molar refractivity (Wildman–Crippen MR) is 57.7 cm³/mol. The zero-order valence-corrected chi connectivity index (χ0v) is 9.31. The van der Waals surface area contributed by atoms with Crippen LogP contribution in [0.1, 0.15) is 65.2 Å². The largest absolute Gasteiger partial charge is 0.0654 e. The Hall–Kier alpha value is 0. The highest BCUT2D eigenvalue weighted by Crippen LogP contribution is 2.53. The zero-order valence-electron chi connectivity index (χ0n) is 9.31. The van der Waals surface area contributed by atoms with Crippen LogP contribution in [0.2, 0.25) is 0 Å². The molecule has 76 valence electrons. The predicted octanol–water partition coefficient (Wildman–Crippen LogP) is 4.39. The lowest BCUT2D eigenvalue weighted by molar-refractivity contribution is 0.238. The second kappa shape index (κ2) is 3.63. The molecule has 0 bridgehead atoms. The molecule has 0 amide bonds. The SMILES string of the molecule is CCCCC1(C)CCC2CC2CC1. The minimum absolute atomic E-state index is 0.726. The monoisotopic (exact) mass is 180 g/mol. The van der Waals surface area contributed by atoms with Crippen LogP contribution in [0.15, 0.2) is 0 Å². The zero-order chi connectivity index (χ0) is 9.31. The van der Waals surface area contributed by atoms with Crippen molar-refractivity contribution in [3.05, 3.63) is 0 Å². The van der Waals surface area contributed by atoms with E-state index in [4.69, 9.17) is 0 Å². The molecule has 2 atom stereocenters. The van der Waals surface area contributed by atoms with E-state index in [9.17, 15) is 0 Å². The maximum absolute atomic E-state index is 2.54. The molecule has 2 aliphatic carbocycles. The fourth-order valence-electron chi connectivity index (χ4n) is 3.06. The van der Waals surface area contributed by atoms with Crippen LogP contribution in [0.5, 0.6) is 0 Å². The quantitative estimate of drug-likeness (QED) is 0.604. The van der Waals surface area contributed by atoms with Crippen molar-refractivity contribution in [3.63, 3.8) is 0 Å². The Labute approximate surface area is 83.1 Å². The van der Waals surface area contributed by atoms with Crippen molar-refractivity contribution in [2.45, 2.75) is 65.2 Å². The van der Waals surface area contributed by atoms with Gasteiger partial charge in [-0.1, -0.05) is 26.7 Å². The Balaban J connectivity index is 1.83. The number of rotatable bonds is 3. The second-order valence-electron chi connectivity index (χ2n) is 5.75. The molecular weight excluding hydrogens is 156 g/mol. The van der Waals surface area contributed by atoms with Gasteiger partial charge in [0.05, 0.1) is 0 Å². The van der Waals surface area contributed by atoms with E-state index in [1.54, 1.807) is 19.3 Å². The van der Waals surface area contributed by atoms with Crippen LogP contribution in [-0.4, -0.2) is 0 Å². The molecule has 0 heteroatoms. The maximum atomic E-state index is 2.54. The summed E-state index contributed by atoms with van der Waals surface area (Å²) in [6.07, 6.45) is 12.0. The molecule has 0 heterocycles. The fourth-order valence-corrected chi connectivity index (χ4v) is 3.06. The van der Waals surface area contributed by atoms with Crippen LogP contribution in [0, 0.1) is 17.3 Å². The summed E-state index contributed by atoms with van der Waals surface area (Å²) in [6.45, 7) is 4.85. The second-order valence-corrected chi connectivity index (χ2v) is 5.75. The van der Waals surface area contributed by atoms with Crippen LogP contribution >= 0.6 is 0 Å². The van der Waals surface area contributed by atoms with Gasteiger partial charge in [-0.05, 0) is 55.8 Å². The molecule has 2 aliphatic rings. The summed E-state index contributed by atoms with van der Waals surface area (Å²) < 4.78 is 0. The van der Waals surface area contributed by atoms with E-state index in [0.717, 1.165) is 17.3 Å². The van der Waals surface area contributed by atoms with Crippen molar-refractivity contribution < 1.29 is 0 Å². The third kappa shape index (κ3) is 2.27. The molecule has 0 aliphatic heterocycles. The molecular formula is C13H24. The van der Waals surface area contributed by atoms with Crippen molar-refractivity contribution >= 4 is 0 Å². The van der Waals surface area contributed by atoms with E-state index >= 15 is 0 Å². The van der Waals surface area contributed by atoms with Gasteiger partial charge in [0, 0.05) is 0 Å². The van der Waals surface area contributed by atoms with Gasteiger partial charge in [-0.25, -0.2) is 0 Å². The Morgan fingerprint density at radius 1 is 1.15 bits per heavy atom. The summed E-state index contributed by atoms with van der Waals surface area (Å²) >= 11 is 0. The highest BCUT2D eigenvalue weighted by molar-refractivity contribution is 4.92. The van der Waals surface area contributed by atoms with Gasteiger partial charge in [0.2, 0.25) is 0 Å². The molecule has 0 saturated heterocycles. The minimum Gasteiger partial charge on any atom is -0.0654 e. The minimum atomic E-state index is 0.726. The van der Waals surface area contributed by atoms with Gasteiger partial charge in [0.25, 0.3) is 0 Å². The first-order chi connectivity index (χ1) is 6.23. The van der Waals surface area contributed by atoms with Gasteiger partial charge in [0.1, 0.15) is 0 Å². The fraction of sp³-hybridized carbons (Fsp3) is 1.00. The van der Waals surface area contributed by atoms with Gasteiger partial charge in [-0.3, -0.25) is 0 Å². The third-order valence-electron chi connectivity index (χ3n) is 4.44. The molecule has 13 heavy (non-hydrogen) atoms. The summed E-state index contributed by atoms with van der Waals surface area (Å²) in [5, 5.41) is 0. The molecule has 2 saturated carbocycles. The van der Waals surface area contributed by atoms with E-state index in [2.05, 4.69) is 13.8 Å². The number of hydrogen-bond acceptors (Lipinski definition) is 0. The highest BCUT2D eigenvalue weighted by Gasteiger charge is 2.41. The first kappa shape index (κ1) is 9.55. The molecule has 0 nitrogen and oxygen atoms in total. The molecule has 0 N–H and O–H groups in total. The highest BCUT2D eigenvalue weighted by atomic mass is 14.5. The average molecular weight is 180 g/mol. The van der Waals surface area contributed by atoms with Gasteiger partial charge < -0.3 is 0 Å². The standard InChI is InChI=1S/C13H24/c1-3-4-7-13(2)8-5-11-10-12(11)6-9-13/h11-12H,3-10H2,1-2H3. The Morgan fingerprint density at radius 2 is 1.77 bits per heavy atom. The first-order valence-corrected chi connectivity index (χ1v) is 6.23. The molecule has 0 spiro atoms. The van der Waals surface area contributed by atoms with Crippen LogP contribution < -0.4 is 0 Å². The first-order valence-electron chi connectivity index (χ1n) is 6.23. The van der Waals surface area contributed by atoms with Gasteiger partial charge in [-0.2, -0.15) is 0 Å². The Kier molecular flexibility index (Phi) is 2.67. The summed E-state index contributed by atoms with van der Waals surface area (Å²) in [5.74, 6) is 2.31. The van der Waals surface area contributed by atoms with E-state index in [1.807, 2.05) is 0 Å². The van der Waals surface area contributed by atoms with Crippen LogP contribution in [0.4, 0.5) is 0 Å².